The van der Waals surface area contributed by atoms with Crippen LogP contribution in [0.15, 0.2) is 101 Å². The number of carbonyl (C=O) groups excluding carboxylic acids is 1. The SMILES string of the molecule is COc1ccc(C(O[C@@H]2C[C@@H](C(=O)O)N(C(=O)Cn3cc(C)c(=O)[nH]c3=O)C2)(c2ccccc2)c2ccccc2)cc1. The summed E-state index contributed by atoms with van der Waals surface area (Å²) in [5, 5.41) is 10.1. The summed E-state index contributed by atoms with van der Waals surface area (Å²) in [4.78, 5) is 53.2. The summed E-state index contributed by atoms with van der Waals surface area (Å²) in [5.74, 6) is -1.07. The van der Waals surface area contributed by atoms with E-state index < -0.39 is 47.4 Å². The molecule has 0 saturated carbocycles. The summed E-state index contributed by atoms with van der Waals surface area (Å²) >= 11 is 0. The summed E-state index contributed by atoms with van der Waals surface area (Å²) in [5.41, 5.74) is 0.279. The van der Waals surface area contributed by atoms with Crippen molar-refractivity contribution in [2.45, 2.75) is 37.6 Å². The normalized spacial score (nSPS) is 16.8. The van der Waals surface area contributed by atoms with Crippen LogP contribution in [0.1, 0.15) is 28.7 Å². The average Bonchev–Trinajstić information content (AvgIpc) is 3.44. The van der Waals surface area contributed by atoms with Gasteiger partial charge in [-0.3, -0.25) is 19.1 Å². The molecule has 1 fully saturated rings. The zero-order chi connectivity index (χ0) is 29.9. The number of hydrogen-bond donors (Lipinski definition) is 2. The summed E-state index contributed by atoms with van der Waals surface area (Å²) in [6.07, 6.45) is 0.656. The predicted octanol–water partition coefficient (Wildman–Crippen LogP) is 2.92. The van der Waals surface area contributed by atoms with Crippen molar-refractivity contribution in [1.29, 1.82) is 0 Å². The molecule has 0 unspecified atom stereocenters. The van der Waals surface area contributed by atoms with Crippen molar-refractivity contribution in [2.75, 3.05) is 13.7 Å². The molecule has 42 heavy (non-hydrogen) atoms. The number of carbonyl (C=O) groups is 2. The Morgan fingerprint density at radius 1 is 0.929 bits per heavy atom. The zero-order valence-electron chi connectivity index (χ0n) is 23.2. The molecule has 0 radical (unpaired) electrons. The third-order valence-electron chi connectivity index (χ3n) is 7.56. The Morgan fingerprint density at radius 2 is 1.50 bits per heavy atom. The lowest BCUT2D eigenvalue weighted by molar-refractivity contribution is -0.148. The number of nitrogens with zero attached hydrogens (tertiary/aromatic N) is 2. The van der Waals surface area contributed by atoms with Crippen LogP contribution >= 0.6 is 0 Å². The highest BCUT2D eigenvalue weighted by Crippen LogP contribution is 2.43. The van der Waals surface area contributed by atoms with Gasteiger partial charge in [-0.15, -0.1) is 0 Å². The lowest BCUT2D eigenvalue weighted by Gasteiger charge is -2.38. The highest BCUT2D eigenvalue weighted by molar-refractivity contribution is 5.84. The predicted molar refractivity (Wildman–Crippen MR) is 154 cm³/mol. The molecule has 0 bridgehead atoms. The number of amides is 1. The number of nitrogens with one attached hydrogen (secondary N) is 1. The Hall–Kier alpha value is -4.96. The van der Waals surface area contributed by atoms with Crippen LogP contribution < -0.4 is 16.0 Å². The summed E-state index contributed by atoms with van der Waals surface area (Å²) in [6.45, 7) is 1.09. The van der Waals surface area contributed by atoms with Crippen molar-refractivity contribution >= 4 is 11.9 Å². The summed E-state index contributed by atoms with van der Waals surface area (Å²) in [7, 11) is 1.59. The highest BCUT2D eigenvalue weighted by atomic mass is 16.5. The molecule has 1 aromatic heterocycles. The van der Waals surface area contributed by atoms with Gasteiger partial charge in [0.05, 0.1) is 13.2 Å². The Kier molecular flexibility index (Phi) is 8.08. The fraction of sp³-hybridized carbons (Fsp3) is 0.250. The lowest BCUT2D eigenvalue weighted by atomic mass is 9.79. The van der Waals surface area contributed by atoms with Gasteiger partial charge >= 0.3 is 11.7 Å². The van der Waals surface area contributed by atoms with Crippen LogP contribution in [-0.2, 0) is 26.5 Å². The largest absolute Gasteiger partial charge is 0.497 e. The van der Waals surface area contributed by atoms with E-state index in [1.165, 1.54) is 18.0 Å². The van der Waals surface area contributed by atoms with Crippen molar-refractivity contribution in [2.24, 2.45) is 0 Å². The molecule has 5 rings (SSSR count). The van der Waals surface area contributed by atoms with E-state index in [4.69, 9.17) is 9.47 Å². The molecule has 4 aromatic rings. The zero-order valence-corrected chi connectivity index (χ0v) is 23.2. The maximum atomic E-state index is 13.4. The first kappa shape index (κ1) is 28.6. The fourth-order valence-corrected chi connectivity index (χ4v) is 5.49. The van der Waals surface area contributed by atoms with Gasteiger partial charge in [-0.05, 0) is 35.7 Å². The van der Waals surface area contributed by atoms with Gasteiger partial charge in [0.15, 0.2) is 0 Å². The number of methoxy groups -OCH3 is 1. The number of hydrogen-bond acceptors (Lipinski definition) is 6. The Balaban J connectivity index is 1.54. The number of likely N-dealkylation sites (tertiary alicyclic amines) is 1. The Labute approximate surface area is 241 Å². The standard InChI is InChI=1S/C32H31N3O7/c1-21-18-34(31(40)33-29(21)37)20-28(36)35-19-26(17-27(35)30(38)39)42-32(22-9-5-3-6-10-22,23-11-7-4-8-12-23)24-13-15-25(41-2)16-14-24/h3-16,18,26-27H,17,19-20H2,1-2H3,(H,38,39)(H,33,37,40)/t26-,27+/m1/s1. The summed E-state index contributed by atoms with van der Waals surface area (Å²) < 4.78 is 13.4. The molecular weight excluding hydrogens is 538 g/mol. The minimum atomic E-state index is -1.17. The molecule has 0 aliphatic carbocycles. The third kappa shape index (κ3) is 5.48. The molecular formula is C32H31N3O7. The van der Waals surface area contributed by atoms with E-state index in [0.717, 1.165) is 21.3 Å². The first-order valence-electron chi connectivity index (χ1n) is 13.5. The molecule has 10 heteroatoms. The molecule has 1 aliphatic rings. The number of benzene rings is 3. The first-order chi connectivity index (χ1) is 20.2. The van der Waals surface area contributed by atoms with Gasteiger partial charge in [0, 0.05) is 24.7 Å². The van der Waals surface area contributed by atoms with E-state index >= 15 is 0 Å². The fourth-order valence-electron chi connectivity index (χ4n) is 5.49. The quantitative estimate of drug-likeness (QED) is 0.297. The van der Waals surface area contributed by atoms with Gasteiger partial charge < -0.3 is 19.5 Å². The molecule has 3 aromatic carbocycles. The molecule has 1 amide bonds. The highest BCUT2D eigenvalue weighted by Gasteiger charge is 2.46. The number of H-pyrrole nitrogens is 1. The van der Waals surface area contributed by atoms with Crippen molar-refractivity contribution in [3.8, 4) is 5.75 Å². The van der Waals surface area contributed by atoms with Gasteiger partial charge in [0.25, 0.3) is 5.56 Å². The van der Waals surface area contributed by atoms with Crippen molar-refractivity contribution in [3.63, 3.8) is 0 Å². The molecule has 0 spiro atoms. The number of aromatic amines is 1. The van der Waals surface area contributed by atoms with Crippen LogP contribution in [-0.4, -0.2) is 57.2 Å². The van der Waals surface area contributed by atoms with E-state index in [1.54, 1.807) is 7.11 Å². The van der Waals surface area contributed by atoms with Gasteiger partial charge in [0.1, 0.15) is 23.9 Å². The van der Waals surface area contributed by atoms with E-state index in [9.17, 15) is 24.3 Å². The second-order valence-electron chi connectivity index (χ2n) is 10.2. The third-order valence-corrected chi connectivity index (χ3v) is 7.56. The number of carboxylic acid groups (broad SMARTS) is 1. The van der Waals surface area contributed by atoms with Crippen LogP contribution in [0.2, 0.25) is 0 Å². The van der Waals surface area contributed by atoms with Crippen LogP contribution in [0.4, 0.5) is 0 Å². The van der Waals surface area contributed by atoms with Gasteiger partial charge in [-0.1, -0.05) is 72.8 Å². The summed E-state index contributed by atoms with van der Waals surface area (Å²) in [6, 6.07) is 25.6. The van der Waals surface area contributed by atoms with E-state index in [2.05, 4.69) is 4.98 Å². The van der Waals surface area contributed by atoms with Crippen molar-refractivity contribution < 1.29 is 24.2 Å². The monoisotopic (exact) mass is 569 g/mol. The van der Waals surface area contributed by atoms with Gasteiger partial charge in [-0.25, -0.2) is 9.59 Å². The molecule has 216 valence electrons. The molecule has 2 heterocycles. The van der Waals surface area contributed by atoms with E-state index in [-0.39, 0.29) is 18.5 Å². The van der Waals surface area contributed by atoms with Crippen molar-refractivity contribution in [1.82, 2.24) is 14.5 Å². The van der Waals surface area contributed by atoms with Crippen molar-refractivity contribution in [3.05, 3.63) is 134 Å². The average molecular weight is 570 g/mol. The number of aryl methyl sites for hydroxylation is 1. The molecule has 10 nitrogen and oxygen atoms in total. The second kappa shape index (κ2) is 11.9. The molecule has 1 saturated heterocycles. The smallest absolute Gasteiger partial charge is 0.328 e. The minimum Gasteiger partial charge on any atom is -0.497 e. The molecule has 2 atom stereocenters. The van der Waals surface area contributed by atoms with Gasteiger partial charge in [-0.2, -0.15) is 0 Å². The van der Waals surface area contributed by atoms with E-state index in [1.807, 2.05) is 84.9 Å². The van der Waals surface area contributed by atoms with E-state index in [0.29, 0.717) is 5.75 Å². The second-order valence-corrected chi connectivity index (χ2v) is 10.2. The van der Waals surface area contributed by atoms with Crippen LogP contribution in [0.5, 0.6) is 5.75 Å². The van der Waals surface area contributed by atoms with Gasteiger partial charge in [0.2, 0.25) is 5.91 Å². The minimum absolute atomic E-state index is 0.00947. The Morgan fingerprint density at radius 3 is 2.05 bits per heavy atom. The van der Waals surface area contributed by atoms with Crippen LogP contribution in [0.25, 0.3) is 0 Å². The number of aliphatic carboxylic acids is 1. The van der Waals surface area contributed by atoms with Crippen LogP contribution in [0.3, 0.4) is 0 Å². The number of aromatic nitrogens is 2. The maximum absolute atomic E-state index is 13.4. The Bertz CT molecular complexity index is 1640. The lowest BCUT2D eigenvalue weighted by Crippen LogP contribution is -2.44. The maximum Gasteiger partial charge on any atom is 0.328 e. The topological polar surface area (TPSA) is 131 Å². The van der Waals surface area contributed by atoms with Crippen LogP contribution in [0, 0.1) is 6.92 Å². The number of carboxylic acids is 1. The molecule has 1 aliphatic heterocycles. The number of ether oxygens (including phenoxy) is 2. The molecule has 2 N–H and O–H groups in total. The number of rotatable bonds is 9. The first-order valence-corrected chi connectivity index (χ1v) is 13.5.